The van der Waals surface area contributed by atoms with Crippen LogP contribution in [0.1, 0.15) is 65.0 Å². The summed E-state index contributed by atoms with van der Waals surface area (Å²) in [6.45, 7) is 5.81. The van der Waals surface area contributed by atoms with Crippen molar-refractivity contribution in [2.75, 3.05) is 44.2 Å². The first kappa shape index (κ1) is 27.6. The van der Waals surface area contributed by atoms with Crippen molar-refractivity contribution in [1.82, 2.24) is 24.9 Å². The Morgan fingerprint density at radius 1 is 1.02 bits per heavy atom. The Balaban J connectivity index is 1.11. The zero-order valence-electron chi connectivity index (χ0n) is 23.3. The third kappa shape index (κ3) is 5.28. The third-order valence-electron chi connectivity index (χ3n) is 9.11. The second kappa shape index (κ2) is 10.4. The van der Waals surface area contributed by atoms with Crippen LogP contribution in [0.2, 0.25) is 0 Å². The number of piperidine rings is 1. The fraction of sp³-hybridized carbons (Fsp3) is 0.586. The van der Waals surface area contributed by atoms with Gasteiger partial charge in [0.15, 0.2) is 5.69 Å². The van der Waals surface area contributed by atoms with Gasteiger partial charge in [0.2, 0.25) is 11.8 Å². The van der Waals surface area contributed by atoms with Gasteiger partial charge in [-0.05, 0) is 62.1 Å². The lowest BCUT2D eigenvalue weighted by atomic mass is 10.0. The molecule has 41 heavy (non-hydrogen) atoms. The molecule has 2 saturated heterocycles. The number of carbonyl (C=O) groups is 3. The number of amides is 3. The largest absolute Gasteiger partial charge is 0.416 e. The van der Waals surface area contributed by atoms with E-state index < -0.39 is 11.7 Å². The van der Waals surface area contributed by atoms with E-state index in [2.05, 4.69) is 10.4 Å². The average Bonchev–Trinajstić information content (AvgIpc) is 3.46. The van der Waals surface area contributed by atoms with Crippen LogP contribution < -0.4 is 10.2 Å². The number of halogens is 3. The summed E-state index contributed by atoms with van der Waals surface area (Å²) in [5.74, 6) is 0.574. The zero-order chi connectivity index (χ0) is 29.1. The second-order valence-electron chi connectivity index (χ2n) is 11.8. The molecule has 0 bridgehead atoms. The van der Waals surface area contributed by atoms with Gasteiger partial charge in [-0.3, -0.25) is 19.1 Å². The molecule has 2 atom stereocenters. The number of nitrogens with zero attached hydrogens (tertiary/aromatic N) is 5. The summed E-state index contributed by atoms with van der Waals surface area (Å²) in [5.41, 5.74) is 2.54. The van der Waals surface area contributed by atoms with Crippen LogP contribution in [0.15, 0.2) is 18.2 Å². The highest BCUT2D eigenvalue weighted by molar-refractivity contribution is 5.95. The summed E-state index contributed by atoms with van der Waals surface area (Å²) in [7, 11) is 0. The molecular weight excluding hydrogens is 537 g/mol. The van der Waals surface area contributed by atoms with Crippen LogP contribution in [0.3, 0.4) is 0 Å². The Hall–Kier alpha value is -3.57. The van der Waals surface area contributed by atoms with Gasteiger partial charge in [0, 0.05) is 69.2 Å². The molecular formula is C29H35F3N6O3. The molecule has 9 nitrogen and oxygen atoms in total. The molecule has 3 fully saturated rings. The first-order valence-corrected chi connectivity index (χ1v) is 14.4. The van der Waals surface area contributed by atoms with E-state index in [1.165, 1.54) is 19.9 Å². The first-order valence-electron chi connectivity index (χ1n) is 14.4. The van der Waals surface area contributed by atoms with Gasteiger partial charge in [-0.25, -0.2) is 0 Å². The summed E-state index contributed by atoms with van der Waals surface area (Å²) in [5, 5.41) is 7.61. The molecule has 2 aromatic rings. The monoisotopic (exact) mass is 572 g/mol. The molecule has 2 aliphatic heterocycles. The first-order chi connectivity index (χ1) is 19.5. The number of alkyl halides is 3. The Morgan fingerprint density at radius 2 is 1.73 bits per heavy atom. The van der Waals surface area contributed by atoms with Crippen molar-refractivity contribution in [3.05, 3.63) is 46.3 Å². The van der Waals surface area contributed by atoms with Gasteiger partial charge in [-0.1, -0.05) is 6.07 Å². The topological polar surface area (TPSA) is 90.8 Å². The molecule has 4 aliphatic rings. The number of fused-ring (bicyclic) bond motifs is 3. The van der Waals surface area contributed by atoms with Crippen LogP contribution in [-0.2, 0) is 28.7 Å². The fourth-order valence-corrected chi connectivity index (χ4v) is 6.84. The van der Waals surface area contributed by atoms with Gasteiger partial charge in [-0.15, -0.1) is 0 Å². The van der Waals surface area contributed by atoms with E-state index in [9.17, 15) is 27.6 Å². The Labute approximate surface area is 236 Å². The molecule has 6 rings (SSSR count). The molecule has 0 unspecified atom stereocenters. The Kier molecular flexibility index (Phi) is 6.97. The fourth-order valence-electron chi connectivity index (χ4n) is 6.84. The lowest BCUT2D eigenvalue weighted by Gasteiger charge is -2.37. The molecule has 1 saturated carbocycles. The standard InChI is InChI=1S/C29H35F3N6O3/c1-17-22(29(30,31)32)4-3-5-23(17)35-10-12-36(13-11-35)25(40)16-38-24-15-19-14-21(19)26(24)27(34-38)28(41)37-8-6-20(7-9-37)33-18(2)39/h3-5,19-21H,6-16H2,1-2H3,(H,33,39)/t19-,21-/m1/s1. The molecule has 2 aliphatic carbocycles. The molecule has 0 radical (unpaired) electrons. The molecule has 1 aromatic heterocycles. The number of piperazine rings is 1. The predicted molar refractivity (Wildman–Crippen MR) is 144 cm³/mol. The molecule has 220 valence electrons. The summed E-state index contributed by atoms with van der Waals surface area (Å²) in [6, 6.07) is 4.29. The van der Waals surface area contributed by atoms with Crippen molar-refractivity contribution in [2.45, 2.75) is 64.2 Å². The van der Waals surface area contributed by atoms with Gasteiger partial charge in [0.1, 0.15) is 6.54 Å². The third-order valence-corrected chi connectivity index (χ3v) is 9.11. The SMILES string of the molecule is CC(=O)NC1CCN(C(=O)c2nn(CC(=O)N3CCN(c4cccc(C(F)(F)F)c4C)CC3)c3c2[C@@H]2C[C@@H]2C3)CC1. The molecule has 12 heteroatoms. The number of aromatic nitrogens is 2. The minimum Gasteiger partial charge on any atom is -0.368 e. The summed E-state index contributed by atoms with van der Waals surface area (Å²) in [4.78, 5) is 43.7. The van der Waals surface area contributed by atoms with E-state index in [0.717, 1.165) is 30.2 Å². The van der Waals surface area contributed by atoms with Crippen LogP contribution in [0.25, 0.3) is 0 Å². The molecule has 1 aromatic carbocycles. The number of anilines is 1. The van der Waals surface area contributed by atoms with E-state index in [0.29, 0.717) is 75.3 Å². The van der Waals surface area contributed by atoms with Gasteiger partial charge in [0.25, 0.3) is 5.91 Å². The number of carbonyl (C=O) groups excluding carboxylic acids is 3. The summed E-state index contributed by atoms with van der Waals surface area (Å²) in [6.07, 6.45) is -1.14. The molecule has 0 spiro atoms. The van der Waals surface area contributed by atoms with E-state index in [1.807, 2.05) is 4.90 Å². The average molecular weight is 573 g/mol. The van der Waals surface area contributed by atoms with E-state index in [4.69, 9.17) is 0 Å². The normalized spacial score (nSPS) is 22.4. The van der Waals surface area contributed by atoms with Crippen LogP contribution in [0.5, 0.6) is 0 Å². The minimum absolute atomic E-state index is 0.0439. The van der Waals surface area contributed by atoms with Crippen molar-refractivity contribution in [1.29, 1.82) is 0 Å². The zero-order valence-corrected chi connectivity index (χ0v) is 23.3. The van der Waals surface area contributed by atoms with Gasteiger partial charge in [-0.2, -0.15) is 18.3 Å². The van der Waals surface area contributed by atoms with Gasteiger partial charge < -0.3 is 20.0 Å². The number of hydrogen-bond acceptors (Lipinski definition) is 5. The molecule has 3 heterocycles. The number of hydrogen-bond donors (Lipinski definition) is 1. The maximum absolute atomic E-state index is 13.5. The molecule has 3 amide bonds. The predicted octanol–water partition coefficient (Wildman–Crippen LogP) is 2.96. The second-order valence-corrected chi connectivity index (χ2v) is 11.8. The highest BCUT2D eigenvalue weighted by Crippen LogP contribution is 2.57. The summed E-state index contributed by atoms with van der Waals surface area (Å²) >= 11 is 0. The maximum atomic E-state index is 13.5. The van der Waals surface area contributed by atoms with E-state index in [1.54, 1.807) is 20.5 Å². The Bertz CT molecular complexity index is 1370. The van der Waals surface area contributed by atoms with Crippen molar-refractivity contribution >= 4 is 23.4 Å². The smallest absolute Gasteiger partial charge is 0.368 e. The molecule has 1 N–H and O–H groups in total. The van der Waals surface area contributed by atoms with Crippen LogP contribution in [0.4, 0.5) is 18.9 Å². The van der Waals surface area contributed by atoms with Crippen molar-refractivity contribution in [3.8, 4) is 0 Å². The lowest BCUT2D eigenvalue weighted by molar-refractivity contribution is -0.138. The Morgan fingerprint density at radius 3 is 2.39 bits per heavy atom. The minimum atomic E-state index is -4.41. The van der Waals surface area contributed by atoms with Crippen molar-refractivity contribution in [2.24, 2.45) is 5.92 Å². The van der Waals surface area contributed by atoms with Gasteiger partial charge in [0.05, 0.1) is 5.56 Å². The highest BCUT2D eigenvalue weighted by Gasteiger charge is 2.50. The highest BCUT2D eigenvalue weighted by atomic mass is 19.4. The van der Waals surface area contributed by atoms with Crippen LogP contribution in [-0.4, -0.2) is 82.6 Å². The van der Waals surface area contributed by atoms with Gasteiger partial charge >= 0.3 is 6.18 Å². The lowest BCUT2D eigenvalue weighted by Crippen LogP contribution is -2.50. The number of benzene rings is 1. The maximum Gasteiger partial charge on any atom is 0.416 e. The number of likely N-dealkylation sites (tertiary alicyclic amines) is 1. The van der Waals surface area contributed by atoms with Crippen LogP contribution in [0, 0.1) is 12.8 Å². The van der Waals surface area contributed by atoms with Crippen molar-refractivity contribution < 1.29 is 27.6 Å². The van der Waals surface area contributed by atoms with E-state index in [-0.39, 0.29) is 35.9 Å². The van der Waals surface area contributed by atoms with E-state index >= 15 is 0 Å². The van der Waals surface area contributed by atoms with Crippen molar-refractivity contribution in [3.63, 3.8) is 0 Å². The summed E-state index contributed by atoms with van der Waals surface area (Å²) < 4.78 is 41.9. The number of rotatable bonds is 5. The quantitative estimate of drug-likeness (QED) is 0.595. The number of nitrogens with one attached hydrogen (secondary N) is 1. The van der Waals surface area contributed by atoms with Crippen LogP contribution >= 0.6 is 0 Å².